The van der Waals surface area contributed by atoms with Gasteiger partial charge in [-0.3, -0.25) is 14.6 Å². The van der Waals surface area contributed by atoms with Gasteiger partial charge in [0.25, 0.3) is 5.56 Å². The zero-order chi connectivity index (χ0) is 18.9. The van der Waals surface area contributed by atoms with E-state index in [1.807, 2.05) is 32.0 Å². The number of amides is 1. The molecule has 0 spiro atoms. The lowest BCUT2D eigenvalue weighted by atomic mass is 9.77. The molecule has 1 amide bonds. The Balaban J connectivity index is 1.81. The van der Waals surface area contributed by atoms with Crippen LogP contribution in [0.25, 0.3) is 11.3 Å². The minimum Gasteiger partial charge on any atom is -0.390 e. The molecule has 2 aromatic rings. The molecule has 2 N–H and O–H groups in total. The van der Waals surface area contributed by atoms with Crippen molar-refractivity contribution in [3.63, 3.8) is 0 Å². The molecule has 7 heteroatoms. The van der Waals surface area contributed by atoms with Gasteiger partial charge in [-0.2, -0.15) is 5.10 Å². The Labute approximate surface area is 152 Å². The molecule has 0 unspecified atom stereocenters. The van der Waals surface area contributed by atoms with Crippen LogP contribution in [0.15, 0.2) is 35.3 Å². The highest BCUT2D eigenvalue weighted by atomic mass is 16.3. The number of nitrogens with zero attached hydrogens (tertiary/aromatic N) is 3. The first-order chi connectivity index (χ1) is 12.2. The quantitative estimate of drug-likeness (QED) is 0.845. The number of aromatic nitrogens is 3. The fraction of sp³-hybridized carbons (Fsp3) is 0.474. The molecule has 0 atom stereocenters. The third-order valence-electron chi connectivity index (χ3n) is 4.55. The topological polar surface area (TPSA) is 97.1 Å². The zero-order valence-corrected chi connectivity index (χ0v) is 15.3. The van der Waals surface area contributed by atoms with Gasteiger partial charge in [-0.25, -0.2) is 4.68 Å². The van der Waals surface area contributed by atoms with Gasteiger partial charge in [0.15, 0.2) is 0 Å². The summed E-state index contributed by atoms with van der Waals surface area (Å²) in [5, 5.41) is 17.0. The number of pyridine rings is 1. The predicted octanol–water partition coefficient (Wildman–Crippen LogP) is 1.46. The minimum absolute atomic E-state index is 0.0504. The van der Waals surface area contributed by atoms with E-state index in [-0.39, 0.29) is 30.0 Å². The molecule has 1 saturated carbocycles. The number of nitrogens with one attached hydrogen (secondary N) is 1. The van der Waals surface area contributed by atoms with Gasteiger partial charge in [-0.15, -0.1) is 0 Å². The summed E-state index contributed by atoms with van der Waals surface area (Å²) in [6.45, 7) is 5.58. The van der Waals surface area contributed by atoms with E-state index >= 15 is 0 Å². The second-order valence-corrected chi connectivity index (χ2v) is 7.48. The summed E-state index contributed by atoms with van der Waals surface area (Å²) in [5.41, 5.74) is 1.06. The third-order valence-corrected chi connectivity index (χ3v) is 4.55. The molecule has 26 heavy (non-hydrogen) atoms. The van der Waals surface area contributed by atoms with Crippen molar-refractivity contribution in [2.75, 3.05) is 0 Å². The molecule has 1 aliphatic carbocycles. The smallest absolute Gasteiger partial charge is 0.267 e. The first-order valence-electron chi connectivity index (χ1n) is 8.80. The maximum absolute atomic E-state index is 12.4. The summed E-state index contributed by atoms with van der Waals surface area (Å²) >= 11 is 0. The highest BCUT2D eigenvalue weighted by Gasteiger charge is 2.39. The molecular formula is C19H24N4O3. The van der Waals surface area contributed by atoms with Crippen molar-refractivity contribution in [2.24, 2.45) is 0 Å². The molecule has 0 bridgehead atoms. The SMILES string of the molecule is CC(C)c1nn(CC(=O)N[C@H]2C[C@](C)(O)C2)c(=O)cc1-c1ccccn1. The van der Waals surface area contributed by atoms with Crippen molar-refractivity contribution in [1.82, 2.24) is 20.1 Å². The number of carbonyl (C=O) groups excluding carboxylic acids is 1. The summed E-state index contributed by atoms with van der Waals surface area (Å²) in [7, 11) is 0. The van der Waals surface area contributed by atoms with Crippen LogP contribution in [-0.4, -0.2) is 37.4 Å². The van der Waals surface area contributed by atoms with Crippen molar-refractivity contribution in [1.29, 1.82) is 0 Å². The Bertz CT molecular complexity index is 851. The summed E-state index contributed by atoms with van der Waals surface area (Å²) in [6, 6.07) is 6.95. The normalized spacial score (nSPS) is 22.1. The van der Waals surface area contributed by atoms with Crippen LogP contribution < -0.4 is 10.9 Å². The van der Waals surface area contributed by atoms with Crippen LogP contribution >= 0.6 is 0 Å². The van der Waals surface area contributed by atoms with Crippen molar-refractivity contribution in [2.45, 2.75) is 57.7 Å². The van der Waals surface area contributed by atoms with E-state index in [0.29, 0.717) is 24.1 Å². The van der Waals surface area contributed by atoms with Crippen molar-refractivity contribution in [3.05, 3.63) is 46.5 Å². The van der Waals surface area contributed by atoms with Crippen molar-refractivity contribution in [3.8, 4) is 11.3 Å². The molecule has 1 aliphatic rings. The van der Waals surface area contributed by atoms with Gasteiger partial charge in [0.1, 0.15) is 6.54 Å². The van der Waals surface area contributed by atoms with E-state index in [9.17, 15) is 14.7 Å². The van der Waals surface area contributed by atoms with Gasteiger partial charge in [-0.05, 0) is 37.8 Å². The summed E-state index contributed by atoms with van der Waals surface area (Å²) in [6.07, 6.45) is 2.72. The average molecular weight is 356 g/mol. The highest BCUT2D eigenvalue weighted by Crippen LogP contribution is 2.31. The molecule has 138 valence electrons. The maximum atomic E-state index is 12.4. The van der Waals surface area contributed by atoms with Crippen LogP contribution in [0.1, 0.15) is 45.2 Å². The minimum atomic E-state index is -0.706. The first kappa shape index (κ1) is 18.3. The second-order valence-electron chi connectivity index (χ2n) is 7.48. The molecule has 2 aromatic heterocycles. The third kappa shape index (κ3) is 3.99. The molecule has 0 radical (unpaired) electrons. The maximum Gasteiger partial charge on any atom is 0.267 e. The van der Waals surface area contributed by atoms with Crippen LogP contribution in [-0.2, 0) is 11.3 Å². The van der Waals surface area contributed by atoms with E-state index in [0.717, 1.165) is 5.69 Å². The van der Waals surface area contributed by atoms with Gasteiger partial charge < -0.3 is 10.4 Å². The molecule has 0 saturated heterocycles. The van der Waals surface area contributed by atoms with Crippen LogP contribution in [0.3, 0.4) is 0 Å². The second kappa shape index (κ2) is 6.99. The molecule has 2 heterocycles. The molecule has 0 aromatic carbocycles. The van der Waals surface area contributed by atoms with Gasteiger partial charge in [0.05, 0.1) is 17.0 Å². The fourth-order valence-electron chi connectivity index (χ4n) is 3.29. The average Bonchev–Trinajstić information content (AvgIpc) is 2.55. The Hall–Kier alpha value is -2.54. The number of hydrogen-bond acceptors (Lipinski definition) is 5. The lowest BCUT2D eigenvalue weighted by molar-refractivity contribution is -0.125. The van der Waals surface area contributed by atoms with Gasteiger partial charge in [0.2, 0.25) is 5.91 Å². The molecule has 1 fully saturated rings. The summed E-state index contributed by atoms with van der Waals surface area (Å²) in [5.74, 6) is -0.205. The van der Waals surface area contributed by atoms with Gasteiger partial charge in [0, 0.05) is 23.9 Å². The number of carbonyl (C=O) groups is 1. The van der Waals surface area contributed by atoms with E-state index in [1.54, 1.807) is 13.1 Å². The summed E-state index contributed by atoms with van der Waals surface area (Å²) < 4.78 is 1.19. The van der Waals surface area contributed by atoms with Gasteiger partial charge in [-0.1, -0.05) is 19.9 Å². The molecule has 7 nitrogen and oxygen atoms in total. The van der Waals surface area contributed by atoms with E-state index < -0.39 is 5.60 Å². The van der Waals surface area contributed by atoms with E-state index in [2.05, 4.69) is 15.4 Å². The molecule has 3 rings (SSSR count). The Morgan fingerprint density at radius 3 is 2.73 bits per heavy atom. The Morgan fingerprint density at radius 1 is 1.42 bits per heavy atom. The predicted molar refractivity (Wildman–Crippen MR) is 97.6 cm³/mol. The monoisotopic (exact) mass is 356 g/mol. The van der Waals surface area contributed by atoms with Crippen molar-refractivity contribution < 1.29 is 9.90 Å². The van der Waals surface area contributed by atoms with Crippen LogP contribution in [0, 0.1) is 0 Å². The Kier molecular flexibility index (Phi) is 4.91. The van der Waals surface area contributed by atoms with Crippen molar-refractivity contribution >= 4 is 5.91 Å². The summed E-state index contributed by atoms with van der Waals surface area (Å²) in [4.78, 5) is 29.0. The van der Waals surface area contributed by atoms with Crippen LogP contribution in [0.2, 0.25) is 0 Å². The lowest BCUT2D eigenvalue weighted by Crippen LogP contribution is -2.54. The lowest BCUT2D eigenvalue weighted by Gasteiger charge is -2.41. The fourth-order valence-corrected chi connectivity index (χ4v) is 3.29. The molecule has 0 aliphatic heterocycles. The molecular weight excluding hydrogens is 332 g/mol. The number of rotatable bonds is 5. The van der Waals surface area contributed by atoms with Crippen LogP contribution in [0.4, 0.5) is 0 Å². The van der Waals surface area contributed by atoms with Gasteiger partial charge >= 0.3 is 0 Å². The largest absolute Gasteiger partial charge is 0.390 e. The van der Waals surface area contributed by atoms with E-state index in [1.165, 1.54) is 10.7 Å². The van der Waals surface area contributed by atoms with E-state index in [4.69, 9.17) is 0 Å². The Morgan fingerprint density at radius 2 is 2.15 bits per heavy atom. The number of aliphatic hydroxyl groups is 1. The first-order valence-corrected chi connectivity index (χ1v) is 8.80. The highest BCUT2D eigenvalue weighted by molar-refractivity contribution is 5.76. The zero-order valence-electron chi connectivity index (χ0n) is 15.3. The number of hydrogen-bond donors (Lipinski definition) is 2. The van der Waals surface area contributed by atoms with Crippen LogP contribution in [0.5, 0.6) is 0 Å². The standard InChI is InChI=1S/C19H24N4O3/c1-12(2)18-14(15-6-4-5-7-20-15)8-17(25)23(22-18)11-16(24)21-13-9-19(3,26)10-13/h4-8,12-13,26H,9-11H2,1-3H3,(H,21,24)/t13-,19-.